The van der Waals surface area contributed by atoms with Crippen LogP contribution in [0, 0.1) is 5.82 Å². The molecule has 0 amide bonds. The van der Waals surface area contributed by atoms with Gasteiger partial charge in [-0.15, -0.1) is 0 Å². The molecule has 18 heavy (non-hydrogen) atoms. The molecule has 0 radical (unpaired) electrons. The molecule has 2 nitrogen and oxygen atoms in total. The third-order valence-corrected chi connectivity index (χ3v) is 3.34. The number of alkyl halides is 1. The fraction of sp³-hybridized carbons (Fsp3) is 0.0714. The highest BCUT2D eigenvalue weighted by atomic mass is 79.9. The number of nitrogens with zero attached hydrogens (tertiary/aromatic N) is 1. The molecule has 2 aromatic carbocycles. The second-order valence-corrected chi connectivity index (χ2v) is 4.52. The van der Waals surface area contributed by atoms with E-state index in [1.807, 2.05) is 18.2 Å². The standard InChI is InChI=1S/C14H9BrFNO/c15-8-9-1-6-13-12(7-9)17-14(18-13)10-2-4-11(16)5-3-10/h1-7H,8H2. The molecule has 0 aliphatic heterocycles. The van der Waals surface area contributed by atoms with E-state index in [2.05, 4.69) is 20.9 Å². The highest BCUT2D eigenvalue weighted by Gasteiger charge is 2.08. The zero-order valence-electron chi connectivity index (χ0n) is 9.36. The van der Waals surface area contributed by atoms with Gasteiger partial charge in [-0.05, 0) is 42.0 Å². The zero-order valence-corrected chi connectivity index (χ0v) is 10.9. The maximum atomic E-state index is 12.8. The van der Waals surface area contributed by atoms with E-state index in [0.717, 1.165) is 27.6 Å². The molecule has 0 saturated heterocycles. The summed E-state index contributed by atoms with van der Waals surface area (Å²) in [6, 6.07) is 12.0. The van der Waals surface area contributed by atoms with E-state index in [-0.39, 0.29) is 5.82 Å². The van der Waals surface area contributed by atoms with Gasteiger partial charge in [0.05, 0.1) is 0 Å². The van der Waals surface area contributed by atoms with E-state index in [4.69, 9.17) is 4.42 Å². The molecule has 0 unspecified atom stereocenters. The molecule has 0 N–H and O–H groups in total. The van der Waals surface area contributed by atoms with Crippen molar-refractivity contribution in [3.05, 3.63) is 53.8 Å². The number of hydrogen-bond acceptors (Lipinski definition) is 2. The maximum Gasteiger partial charge on any atom is 0.227 e. The quantitative estimate of drug-likeness (QED) is 0.650. The molecule has 3 aromatic rings. The van der Waals surface area contributed by atoms with Gasteiger partial charge < -0.3 is 4.42 Å². The number of rotatable bonds is 2. The van der Waals surface area contributed by atoms with Crippen LogP contribution in [0.3, 0.4) is 0 Å². The number of benzene rings is 2. The summed E-state index contributed by atoms with van der Waals surface area (Å²) in [5.41, 5.74) is 3.46. The van der Waals surface area contributed by atoms with Crippen LogP contribution in [0.1, 0.15) is 5.56 Å². The van der Waals surface area contributed by atoms with Crippen molar-refractivity contribution in [2.24, 2.45) is 0 Å². The summed E-state index contributed by atoms with van der Waals surface area (Å²) in [6.45, 7) is 0. The van der Waals surface area contributed by atoms with E-state index in [0.29, 0.717) is 5.89 Å². The Balaban J connectivity index is 2.10. The number of halogens is 2. The lowest BCUT2D eigenvalue weighted by Gasteiger charge is -1.93. The summed E-state index contributed by atoms with van der Waals surface area (Å²) in [6.07, 6.45) is 0. The molecule has 1 aromatic heterocycles. The maximum absolute atomic E-state index is 12.8. The molecule has 4 heteroatoms. The first-order chi connectivity index (χ1) is 8.76. The second-order valence-electron chi connectivity index (χ2n) is 3.96. The van der Waals surface area contributed by atoms with Gasteiger partial charge in [0.2, 0.25) is 5.89 Å². The molecule has 0 spiro atoms. The number of aromatic nitrogens is 1. The molecular weight excluding hydrogens is 297 g/mol. The molecule has 0 aliphatic rings. The Kier molecular flexibility index (Phi) is 2.88. The Labute approximate surface area is 112 Å². The van der Waals surface area contributed by atoms with Gasteiger partial charge in [-0.2, -0.15) is 0 Å². The first kappa shape index (κ1) is 11.4. The summed E-state index contributed by atoms with van der Waals surface area (Å²) >= 11 is 3.40. The van der Waals surface area contributed by atoms with Crippen LogP contribution in [0.2, 0.25) is 0 Å². The van der Waals surface area contributed by atoms with Crippen LogP contribution < -0.4 is 0 Å². The minimum atomic E-state index is -0.267. The van der Waals surface area contributed by atoms with Crippen molar-refractivity contribution >= 4 is 27.0 Å². The summed E-state index contributed by atoms with van der Waals surface area (Å²) in [5.74, 6) is 0.244. The highest BCUT2D eigenvalue weighted by Crippen LogP contribution is 2.25. The molecule has 0 saturated carbocycles. The number of hydrogen-bond donors (Lipinski definition) is 0. The Morgan fingerprint density at radius 3 is 2.61 bits per heavy atom. The van der Waals surface area contributed by atoms with Crippen LogP contribution in [0.5, 0.6) is 0 Å². The van der Waals surface area contributed by atoms with Crippen molar-refractivity contribution in [1.82, 2.24) is 4.98 Å². The molecule has 0 fully saturated rings. The number of oxazole rings is 1. The molecule has 0 aliphatic carbocycles. The fourth-order valence-electron chi connectivity index (χ4n) is 1.77. The van der Waals surface area contributed by atoms with E-state index < -0.39 is 0 Å². The fourth-order valence-corrected chi connectivity index (χ4v) is 2.12. The topological polar surface area (TPSA) is 26.0 Å². The minimum Gasteiger partial charge on any atom is -0.436 e. The van der Waals surface area contributed by atoms with Gasteiger partial charge in [-0.3, -0.25) is 0 Å². The third kappa shape index (κ3) is 2.04. The average Bonchev–Trinajstić information content (AvgIpc) is 2.82. The van der Waals surface area contributed by atoms with Crippen LogP contribution in [0.25, 0.3) is 22.6 Å². The SMILES string of the molecule is Fc1ccc(-c2nc3cc(CBr)ccc3o2)cc1. The summed E-state index contributed by atoms with van der Waals surface area (Å²) in [5, 5.41) is 0.779. The van der Waals surface area contributed by atoms with Crippen molar-refractivity contribution in [3.8, 4) is 11.5 Å². The molecule has 0 atom stereocenters. The lowest BCUT2D eigenvalue weighted by molar-refractivity contribution is 0.616. The van der Waals surface area contributed by atoms with Gasteiger partial charge in [0, 0.05) is 10.9 Å². The number of fused-ring (bicyclic) bond motifs is 1. The predicted molar refractivity (Wildman–Crippen MR) is 72.0 cm³/mol. The van der Waals surface area contributed by atoms with Crippen LogP contribution >= 0.6 is 15.9 Å². The van der Waals surface area contributed by atoms with Crippen LogP contribution in [0.4, 0.5) is 4.39 Å². The molecule has 1 heterocycles. The van der Waals surface area contributed by atoms with Crippen LogP contribution in [-0.4, -0.2) is 4.98 Å². The van der Waals surface area contributed by atoms with Crippen molar-refractivity contribution in [1.29, 1.82) is 0 Å². The Morgan fingerprint density at radius 1 is 1.11 bits per heavy atom. The van der Waals surface area contributed by atoms with Gasteiger partial charge in [0.25, 0.3) is 0 Å². The van der Waals surface area contributed by atoms with Crippen molar-refractivity contribution < 1.29 is 8.81 Å². The molecule has 90 valence electrons. The van der Waals surface area contributed by atoms with Crippen LogP contribution in [0.15, 0.2) is 46.9 Å². The largest absolute Gasteiger partial charge is 0.436 e. The van der Waals surface area contributed by atoms with Gasteiger partial charge >= 0.3 is 0 Å². The first-order valence-electron chi connectivity index (χ1n) is 5.47. The highest BCUT2D eigenvalue weighted by molar-refractivity contribution is 9.08. The van der Waals surface area contributed by atoms with E-state index in [9.17, 15) is 4.39 Å². The van der Waals surface area contributed by atoms with E-state index in [1.165, 1.54) is 12.1 Å². The Morgan fingerprint density at radius 2 is 1.89 bits per heavy atom. The van der Waals surface area contributed by atoms with E-state index in [1.54, 1.807) is 12.1 Å². The predicted octanol–water partition coefficient (Wildman–Crippen LogP) is 4.53. The van der Waals surface area contributed by atoms with Crippen molar-refractivity contribution in [2.75, 3.05) is 0 Å². The molecular formula is C14H9BrFNO. The lowest BCUT2D eigenvalue weighted by Crippen LogP contribution is -1.78. The van der Waals surface area contributed by atoms with Gasteiger partial charge in [0.1, 0.15) is 11.3 Å². The van der Waals surface area contributed by atoms with Crippen molar-refractivity contribution in [2.45, 2.75) is 5.33 Å². The second kappa shape index (κ2) is 4.53. The minimum absolute atomic E-state index is 0.267. The van der Waals surface area contributed by atoms with Crippen molar-refractivity contribution in [3.63, 3.8) is 0 Å². The first-order valence-corrected chi connectivity index (χ1v) is 6.60. The van der Waals surface area contributed by atoms with Gasteiger partial charge in [-0.1, -0.05) is 22.0 Å². The monoisotopic (exact) mass is 305 g/mol. The third-order valence-electron chi connectivity index (χ3n) is 2.70. The van der Waals surface area contributed by atoms with Gasteiger partial charge in [0.15, 0.2) is 5.58 Å². The Hall–Kier alpha value is -1.68. The normalized spacial score (nSPS) is 11.0. The molecule has 0 bridgehead atoms. The Bertz CT molecular complexity index is 691. The summed E-state index contributed by atoms with van der Waals surface area (Å²) in [4.78, 5) is 4.41. The van der Waals surface area contributed by atoms with Gasteiger partial charge in [-0.25, -0.2) is 9.37 Å². The smallest absolute Gasteiger partial charge is 0.227 e. The lowest BCUT2D eigenvalue weighted by atomic mass is 10.2. The summed E-state index contributed by atoms with van der Waals surface area (Å²) in [7, 11) is 0. The van der Waals surface area contributed by atoms with E-state index >= 15 is 0 Å². The summed E-state index contributed by atoms with van der Waals surface area (Å²) < 4.78 is 18.5. The van der Waals surface area contributed by atoms with Crippen LogP contribution in [-0.2, 0) is 5.33 Å². The zero-order chi connectivity index (χ0) is 12.5. The average molecular weight is 306 g/mol. The molecule has 3 rings (SSSR count).